The lowest BCUT2D eigenvalue weighted by molar-refractivity contribution is 0.0593. The number of esters is 1. The van der Waals surface area contributed by atoms with Crippen LogP contribution < -0.4 is 5.32 Å². The second-order valence-electron chi connectivity index (χ2n) is 3.34. The number of methoxy groups -OCH3 is 1. The van der Waals surface area contributed by atoms with Crippen molar-refractivity contribution in [3.8, 4) is 0 Å². The molecule has 1 aromatic rings. The van der Waals surface area contributed by atoms with E-state index in [-0.39, 0.29) is 11.8 Å². The van der Waals surface area contributed by atoms with E-state index >= 15 is 0 Å². The number of aliphatic hydroxyl groups excluding tert-OH is 1. The molecule has 88 valence electrons. The molecule has 16 heavy (non-hydrogen) atoms. The largest absolute Gasteiger partial charge is 0.464 e. The molecule has 0 aromatic carbocycles. The third-order valence-electron chi connectivity index (χ3n) is 1.91. The van der Waals surface area contributed by atoms with Gasteiger partial charge >= 0.3 is 5.97 Å². The summed E-state index contributed by atoms with van der Waals surface area (Å²) in [6, 6.07) is 0. The van der Waals surface area contributed by atoms with E-state index in [1.807, 2.05) is 0 Å². The van der Waals surface area contributed by atoms with Crippen molar-refractivity contribution in [1.29, 1.82) is 0 Å². The van der Waals surface area contributed by atoms with Gasteiger partial charge in [0.1, 0.15) is 5.82 Å². The van der Waals surface area contributed by atoms with Crippen molar-refractivity contribution in [3.63, 3.8) is 0 Å². The Morgan fingerprint density at radius 2 is 2.31 bits per heavy atom. The highest BCUT2D eigenvalue weighted by Gasteiger charge is 2.06. The molecular weight excluding hydrogens is 210 g/mol. The van der Waals surface area contributed by atoms with Gasteiger partial charge in [0.25, 0.3) is 0 Å². The number of rotatable bonds is 5. The van der Waals surface area contributed by atoms with Gasteiger partial charge in [0.2, 0.25) is 0 Å². The molecule has 0 amide bonds. The molecule has 0 bridgehead atoms. The fourth-order valence-corrected chi connectivity index (χ4v) is 1.04. The van der Waals surface area contributed by atoms with E-state index in [1.54, 1.807) is 6.92 Å². The minimum Gasteiger partial charge on any atom is -0.464 e. The Labute approximate surface area is 93.7 Å². The third-order valence-corrected chi connectivity index (χ3v) is 1.91. The Balaban J connectivity index is 2.48. The summed E-state index contributed by atoms with van der Waals surface area (Å²) in [5.74, 6) is 0.0522. The number of carbonyl (C=O) groups is 1. The normalized spacial score (nSPS) is 11.9. The van der Waals surface area contributed by atoms with Crippen LogP contribution in [0, 0.1) is 0 Å². The van der Waals surface area contributed by atoms with Gasteiger partial charge in [-0.1, -0.05) is 0 Å². The topological polar surface area (TPSA) is 84.3 Å². The lowest BCUT2D eigenvalue weighted by Gasteiger charge is -2.06. The van der Waals surface area contributed by atoms with E-state index in [9.17, 15) is 4.79 Å². The number of nitrogens with zero attached hydrogens (tertiary/aromatic N) is 2. The molecule has 1 heterocycles. The Morgan fingerprint density at radius 1 is 1.56 bits per heavy atom. The highest BCUT2D eigenvalue weighted by atomic mass is 16.5. The van der Waals surface area contributed by atoms with Gasteiger partial charge in [0.15, 0.2) is 5.69 Å². The Hall–Kier alpha value is -1.69. The second kappa shape index (κ2) is 6.02. The number of aliphatic hydroxyl groups is 1. The maximum absolute atomic E-state index is 11.0. The van der Waals surface area contributed by atoms with Crippen molar-refractivity contribution in [2.45, 2.75) is 19.4 Å². The molecule has 0 fully saturated rings. The molecule has 2 N–H and O–H groups in total. The number of anilines is 1. The van der Waals surface area contributed by atoms with E-state index in [0.29, 0.717) is 18.8 Å². The molecule has 1 unspecified atom stereocenters. The van der Waals surface area contributed by atoms with Crippen molar-refractivity contribution >= 4 is 11.8 Å². The van der Waals surface area contributed by atoms with Crippen molar-refractivity contribution < 1.29 is 14.6 Å². The number of hydrogen-bond donors (Lipinski definition) is 2. The number of aromatic nitrogens is 2. The van der Waals surface area contributed by atoms with Crippen LogP contribution in [-0.4, -0.2) is 40.8 Å². The molecule has 1 aromatic heterocycles. The van der Waals surface area contributed by atoms with Gasteiger partial charge in [-0.2, -0.15) is 0 Å². The summed E-state index contributed by atoms with van der Waals surface area (Å²) in [4.78, 5) is 18.9. The van der Waals surface area contributed by atoms with Gasteiger partial charge in [-0.3, -0.25) is 0 Å². The summed E-state index contributed by atoms with van der Waals surface area (Å²) < 4.78 is 4.49. The maximum atomic E-state index is 11.0. The second-order valence-corrected chi connectivity index (χ2v) is 3.34. The Kier molecular flexibility index (Phi) is 4.65. The predicted molar refractivity (Wildman–Crippen MR) is 58.2 cm³/mol. The van der Waals surface area contributed by atoms with Crippen LogP contribution in [0.4, 0.5) is 5.82 Å². The number of carbonyl (C=O) groups excluding carboxylic acids is 1. The first-order valence-corrected chi connectivity index (χ1v) is 4.95. The first-order chi connectivity index (χ1) is 7.63. The predicted octanol–water partition coefficient (Wildman–Crippen LogP) is 0.446. The first-order valence-electron chi connectivity index (χ1n) is 4.95. The van der Waals surface area contributed by atoms with E-state index in [0.717, 1.165) is 0 Å². The molecule has 0 aliphatic heterocycles. The zero-order chi connectivity index (χ0) is 12.0. The van der Waals surface area contributed by atoms with Gasteiger partial charge in [0, 0.05) is 6.54 Å². The van der Waals surface area contributed by atoms with Crippen molar-refractivity contribution in [3.05, 3.63) is 18.1 Å². The zero-order valence-electron chi connectivity index (χ0n) is 9.30. The molecule has 0 aliphatic rings. The number of ether oxygens (including phenoxy) is 1. The van der Waals surface area contributed by atoms with Gasteiger partial charge in [0.05, 0.1) is 25.6 Å². The average Bonchev–Trinajstić information content (AvgIpc) is 2.28. The van der Waals surface area contributed by atoms with Crippen molar-refractivity contribution in [1.82, 2.24) is 9.97 Å². The summed E-state index contributed by atoms with van der Waals surface area (Å²) >= 11 is 0. The van der Waals surface area contributed by atoms with Crippen LogP contribution in [0.2, 0.25) is 0 Å². The fourth-order valence-electron chi connectivity index (χ4n) is 1.04. The molecular formula is C10H15N3O3. The van der Waals surface area contributed by atoms with E-state index in [1.165, 1.54) is 19.5 Å². The van der Waals surface area contributed by atoms with Gasteiger partial charge in [-0.25, -0.2) is 14.8 Å². The molecule has 6 nitrogen and oxygen atoms in total. The lowest BCUT2D eigenvalue weighted by atomic mass is 10.3. The summed E-state index contributed by atoms with van der Waals surface area (Å²) in [5, 5.41) is 12.0. The van der Waals surface area contributed by atoms with Crippen LogP contribution in [0.25, 0.3) is 0 Å². The summed E-state index contributed by atoms with van der Waals surface area (Å²) in [5.41, 5.74) is 0.170. The van der Waals surface area contributed by atoms with Gasteiger partial charge in [-0.05, 0) is 13.3 Å². The highest BCUT2D eigenvalue weighted by Crippen LogP contribution is 2.02. The Bertz CT molecular complexity index is 338. The molecule has 0 saturated heterocycles. The summed E-state index contributed by atoms with van der Waals surface area (Å²) in [7, 11) is 1.29. The third kappa shape index (κ3) is 3.82. The molecule has 6 heteroatoms. The lowest BCUT2D eigenvalue weighted by Crippen LogP contribution is -2.11. The minimum absolute atomic E-state index is 0.170. The number of nitrogens with one attached hydrogen (secondary N) is 1. The molecule has 1 rings (SSSR count). The molecule has 0 saturated carbocycles. The van der Waals surface area contributed by atoms with Crippen LogP contribution in [0.5, 0.6) is 0 Å². The van der Waals surface area contributed by atoms with E-state index < -0.39 is 5.97 Å². The van der Waals surface area contributed by atoms with Gasteiger partial charge < -0.3 is 15.2 Å². The summed E-state index contributed by atoms with van der Waals surface area (Å²) in [6.45, 7) is 2.32. The average molecular weight is 225 g/mol. The summed E-state index contributed by atoms with van der Waals surface area (Å²) in [6.07, 6.45) is 3.07. The maximum Gasteiger partial charge on any atom is 0.358 e. The van der Waals surface area contributed by atoms with Crippen molar-refractivity contribution in [2.24, 2.45) is 0 Å². The molecule has 0 spiro atoms. The molecule has 1 atom stereocenters. The molecule has 0 radical (unpaired) electrons. The Morgan fingerprint density at radius 3 is 2.81 bits per heavy atom. The fraction of sp³-hybridized carbons (Fsp3) is 0.500. The molecule has 0 aliphatic carbocycles. The van der Waals surface area contributed by atoms with Crippen LogP contribution in [0.15, 0.2) is 12.4 Å². The van der Waals surface area contributed by atoms with Crippen LogP contribution in [0.1, 0.15) is 23.8 Å². The van der Waals surface area contributed by atoms with Crippen LogP contribution in [0.3, 0.4) is 0 Å². The number of hydrogen-bond acceptors (Lipinski definition) is 6. The van der Waals surface area contributed by atoms with E-state index in [4.69, 9.17) is 5.11 Å². The van der Waals surface area contributed by atoms with Crippen molar-refractivity contribution in [2.75, 3.05) is 19.0 Å². The minimum atomic E-state index is -0.511. The van der Waals surface area contributed by atoms with E-state index in [2.05, 4.69) is 20.0 Å². The van der Waals surface area contributed by atoms with Crippen LogP contribution >= 0.6 is 0 Å². The van der Waals surface area contributed by atoms with Gasteiger partial charge in [-0.15, -0.1) is 0 Å². The zero-order valence-corrected chi connectivity index (χ0v) is 9.30. The smallest absolute Gasteiger partial charge is 0.358 e. The van der Waals surface area contributed by atoms with Crippen LogP contribution in [-0.2, 0) is 4.74 Å². The standard InChI is InChI=1S/C10H15N3O3/c1-7(14)3-4-11-9-6-12-8(5-13-9)10(15)16-2/h5-7,14H,3-4H2,1-2H3,(H,11,13). The monoisotopic (exact) mass is 225 g/mol. The highest BCUT2D eigenvalue weighted by molar-refractivity contribution is 5.86. The SMILES string of the molecule is COC(=O)c1cnc(NCCC(C)O)cn1. The first kappa shape index (κ1) is 12.4. The quantitative estimate of drug-likeness (QED) is 0.708.